The van der Waals surface area contributed by atoms with E-state index in [0.717, 1.165) is 66.5 Å². The molecule has 0 atom stereocenters. The lowest BCUT2D eigenvalue weighted by Gasteiger charge is -2.12. The third kappa shape index (κ3) is 5.07. The maximum absolute atomic E-state index is 6.93. The molecule has 0 saturated heterocycles. The molecule has 5 nitrogen and oxygen atoms in total. The van der Waals surface area contributed by atoms with Gasteiger partial charge in [-0.25, -0.2) is 15.0 Å². The van der Waals surface area contributed by atoms with Gasteiger partial charge in [0.2, 0.25) is 0 Å². The van der Waals surface area contributed by atoms with Crippen LogP contribution in [0.15, 0.2) is 199 Å². The van der Waals surface area contributed by atoms with Gasteiger partial charge in [-0.2, -0.15) is 0 Å². The molecule has 58 heavy (non-hydrogen) atoms. The van der Waals surface area contributed by atoms with Gasteiger partial charge in [0.05, 0.1) is 16.7 Å². The number of benzene rings is 9. The number of hydrogen-bond acceptors (Lipinski definition) is 4. The van der Waals surface area contributed by atoms with Gasteiger partial charge in [-0.15, -0.1) is 0 Å². The summed E-state index contributed by atoms with van der Waals surface area (Å²) < 4.78 is 9.34. The molecule has 0 unspecified atom stereocenters. The molecule has 9 aromatic carbocycles. The van der Waals surface area contributed by atoms with Crippen molar-refractivity contribution in [3.05, 3.63) is 194 Å². The highest BCUT2D eigenvalue weighted by molar-refractivity contribution is 6.28. The predicted molar refractivity (Wildman–Crippen MR) is 238 cm³/mol. The molecule has 270 valence electrons. The quantitative estimate of drug-likeness (QED) is 0.176. The highest BCUT2D eigenvalue weighted by atomic mass is 16.3. The molecule has 0 spiro atoms. The highest BCUT2D eigenvalue weighted by Crippen LogP contribution is 2.44. The fraction of sp³-hybridized carbons (Fsp3) is 0. The predicted octanol–water partition coefficient (Wildman–Crippen LogP) is 13.8. The van der Waals surface area contributed by atoms with Crippen molar-refractivity contribution in [2.75, 3.05) is 0 Å². The summed E-state index contributed by atoms with van der Waals surface area (Å²) in [6.45, 7) is 0. The van der Waals surface area contributed by atoms with Gasteiger partial charge < -0.3 is 8.98 Å². The van der Waals surface area contributed by atoms with Crippen molar-refractivity contribution in [2.24, 2.45) is 0 Å². The lowest BCUT2D eigenvalue weighted by Crippen LogP contribution is -2.00. The molecule has 0 aliphatic heterocycles. The van der Waals surface area contributed by atoms with Crippen LogP contribution in [0.25, 0.3) is 116 Å². The minimum Gasteiger partial charge on any atom is -0.456 e. The highest BCUT2D eigenvalue weighted by Gasteiger charge is 2.22. The summed E-state index contributed by atoms with van der Waals surface area (Å²) in [5.74, 6) is 1.83. The van der Waals surface area contributed by atoms with Crippen LogP contribution in [0.3, 0.4) is 0 Å². The van der Waals surface area contributed by atoms with Gasteiger partial charge in [-0.05, 0) is 63.0 Å². The summed E-state index contributed by atoms with van der Waals surface area (Å²) in [5.41, 5.74) is 9.86. The van der Waals surface area contributed by atoms with Crippen LogP contribution >= 0.6 is 0 Å². The van der Waals surface area contributed by atoms with Gasteiger partial charge in [0, 0.05) is 44.3 Å². The average Bonchev–Trinajstić information content (AvgIpc) is 3.85. The second kappa shape index (κ2) is 12.8. The topological polar surface area (TPSA) is 56.7 Å². The zero-order valence-electron chi connectivity index (χ0n) is 31.2. The van der Waals surface area contributed by atoms with Crippen molar-refractivity contribution < 1.29 is 4.42 Å². The fourth-order valence-corrected chi connectivity index (χ4v) is 8.77. The number of fused-ring (bicyclic) bond motifs is 10. The van der Waals surface area contributed by atoms with Crippen LogP contribution in [0, 0.1) is 0 Å². The Balaban J connectivity index is 1.11. The Kier molecular flexibility index (Phi) is 7.16. The first-order valence-electron chi connectivity index (χ1n) is 19.5. The standard InChI is InChI=1S/C53H32N4O/c1-4-14-33(15-5-1)43-31-39(57-44-28-25-34-16-10-12-22-40(34)49(44)50-41-23-13-11-17-35(41)26-29-45(50)57)32-47-48(43)42-27-24-38(30-46(42)58-47)53-55-51(36-18-6-2-7-19-36)54-52(56-53)37-20-8-3-9-21-37/h1-32H. The van der Waals surface area contributed by atoms with E-state index in [0.29, 0.717) is 17.5 Å². The molecular weight excluding hydrogens is 709 g/mol. The molecule has 0 aliphatic carbocycles. The third-order valence-electron chi connectivity index (χ3n) is 11.4. The second-order valence-electron chi connectivity index (χ2n) is 14.8. The summed E-state index contributed by atoms with van der Waals surface area (Å²) >= 11 is 0. The van der Waals surface area contributed by atoms with Crippen molar-refractivity contribution in [1.82, 2.24) is 19.5 Å². The Hall–Kier alpha value is -7.89. The lowest BCUT2D eigenvalue weighted by molar-refractivity contribution is 0.669. The molecular formula is C53H32N4O. The molecule has 0 bridgehead atoms. The zero-order valence-corrected chi connectivity index (χ0v) is 31.2. The van der Waals surface area contributed by atoms with Crippen LogP contribution in [-0.4, -0.2) is 19.5 Å². The van der Waals surface area contributed by atoms with E-state index < -0.39 is 0 Å². The number of furan rings is 1. The fourth-order valence-electron chi connectivity index (χ4n) is 8.77. The monoisotopic (exact) mass is 740 g/mol. The Morgan fingerprint density at radius 1 is 0.345 bits per heavy atom. The minimum atomic E-state index is 0.587. The molecule has 12 rings (SSSR count). The molecule has 0 fully saturated rings. The number of aromatic nitrogens is 4. The van der Waals surface area contributed by atoms with Gasteiger partial charge in [0.25, 0.3) is 0 Å². The number of hydrogen-bond donors (Lipinski definition) is 0. The number of rotatable bonds is 5. The normalized spacial score (nSPS) is 11.8. The maximum atomic E-state index is 6.93. The van der Waals surface area contributed by atoms with Crippen molar-refractivity contribution in [2.45, 2.75) is 0 Å². The van der Waals surface area contributed by atoms with E-state index in [4.69, 9.17) is 19.4 Å². The van der Waals surface area contributed by atoms with E-state index in [2.05, 4.69) is 138 Å². The molecule has 3 heterocycles. The van der Waals surface area contributed by atoms with Crippen molar-refractivity contribution in [3.63, 3.8) is 0 Å². The molecule has 12 aromatic rings. The van der Waals surface area contributed by atoms with Gasteiger partial charge in [-0.1, -0.05) is 158 Å². The zero-order chi connectivity index (χ0) is 38.2. The summed E-state index contributed by atoms with van der Waals surface area (Å²) in [4.78, 5) is 14.9. The van der Waals surface area contributed by atoms with Crippen molar-refractivity contribution >= 4 is 65.3 Å². The van der Waals surface area contributed by atoms with E-state index in [9.17, 15) is 0 Å². The smallest absolute Gasteiger partial charge is 0.164 e. The SMILES string of the molecule is c1ccc(-c2nc(-c3ccccc3)nc(-c3ccc4c(c3)oc3cc(-n5c6ccc7ccccc7c6c6c7ccccc7ccc65)cc(-c5ccccc5)c34)n2)cc1. The van der Waals surface area contributed by atoms with E-state index in [1.165, 1.54) is 32.3 Å². The molecule has 0 N–H and O–H groups in total. The van der Waals surface area contributed by atoms with Crippen LogP contribution in [0.4, 0.5) is 0 Å². The molecule has 5 heteroatoms. The largest absolute Gasteiger partial charge is 0.456 e. The lowest BCUT2D eigenvalue weighted by atomic mass is 9.98. The average molecular weight is 741 g/mol. The van der Waals surface area contributed by atoms with Gasteiger partial charge >= 0.3 is 0 Å². The molecule has 3 aromatic heterocycles. The van der Waals surface area contributed by atoms with Crippen LogP contribution < -0.4 is 0 Å². The summed E-state index contributed by atoms with van der Waals surface area (Å²) in [6.07, 6.45) is 0. The Morgan fingerprint density at radius 3 is 1.41 bits per heavy atom. The van der Waals surface area contributed by atoms with Crippen LogP contribution in [-0.2, 0) is 0 Å². The first-order valence-corrected chi connectivity index (χ1v) is 19.5. The molecule has 0 radical (unpaired) electrons. The van der Waals surface area contributed by atoms with Crippen LogP contribution in [0.1, 0.15) is 0 Å². The minimum absolute atomic E-state index is 0.587. The third-order valence-corrected chi connectivity index (χ3v) is 11.4. The van der Waals surface area contributed by atoms with Gasteiger partial charge in [0.1, 0.15) is 11.2 Å². The van der Waals surface area contributed by atoms with E-state index in [1.54, 1.807) is 0 Å². The summed E-state index contributed by atoms with van der Waals surface area (Å²) in [7, 11) is 0. The van der Waals surface area contributed by atoms with Gasteiger partial charge in [0.15, 0.2) is 17.5 Å². The Morgan fingerprint density at radius 2 is 0.845 bits per heavy atom. The van der Waals surface area contributed by atoms with Crippen LogP contribution in [0.2, 0.25) is 0 Å². The van der Waals surface area contributed by atoms with Gasteiger partial charge in [-0.3, -0.25) is 0 Å². The first-order chi connectivity index (χ1) is 28.7. The van der Waals surface area contributed by atoms with E-state index >= 15 is 0 Å². The van der Waals surface area contributed by atoms with E-state index in [1.807, 2.05) is 60.7 Å². The summed E-state index contributed by atoms with van der Waals surface area (Å²) in [6, 6.07) is 68.0. The first kappa shape index (κ1) is 32.4. The van der Waals surface area contributed by atoms with Crippen LogP contribution in [0.5, 0.6) is 0 Å². The Bertz CT molecular complexity index is 3400. The summed E-state index contributed by atoms with van der Waals surface area (Å²) in [5, 5.41) is 9.53. The van der Waals surface area contributed by atoms with Crippen molar-refractivity contribution in [1.29, 1.82) is 0 Å². The second-order valence-corrected chi connectivity index (χ2v) is 14.8. The molecule has 0 aliphatic rings. The van der Waals surface area contributed by atoms with E-state index in [-0.39, 0.29) is 0 Å². The maximum Gasteiger partial charge on any atom is 0.164 e. The Labute approximate surface area is 333 Å². The van der Waals surface area contributed by atoms with Crippen molar-refractivity contribution in [3.8, 4) is 51.0 Å². The number of nitrogens with zero attached hydrogens (tertiary/aromatic N) is 4. The molecule has 0 amide bonds. The molecule has 0 saturated carbocycles.